The van der Waals surface area contributed by atoms with Crippen LogP contribution in [0.15, 0.2) is 12.1 Å². The number of aryl methyl sites for hydroxylation is 1. The summed E-state index contributed by atoms with van der Waals surface area (Å²) < 4.78 is 13.3. The van der Waals surface area contributed by atoms with Crippen molar-refractivity contribution < 1.29 is 4.39 Å². The number of nitrogens with zero attached hydrogens (tertiary/aromatic N) is 2. The van der Waals surface area contributed by atoms with E-state index < -0.39 is 5.82 Å². The standard InChI is InChI=1S/C13H13FN2/c1-2-3-4-10-7-12(9-16)13(14)8-11(10)5-6-15/h7-8H,2-5H2,1H3. The van der Waals surface area contributed by atoms with Gasteiger partial charge in [0.2, 0.25) is 0 Å². The average Bonchev–Trinajstić information content (AvgIpc) is 2.28. The molecule has 0 N–H and O–H groups in total. The van der Waals surface area contributed by atoms with Gasteiger partial charge in [-0.1, -0.05) is 13.3 Å². The molecule has 0 unspecified atom stereocenters. The molecule has 0 aliphatic carbocycles. The Labute approximate surface area is 94.9 Å². The number of benzene rings is 1. The quantitative estimate of drug-likeness (QED) is 0.776. The Balaban J connectivity index is 3.11. The molecule has 0 heterocycles. The van der Waals surface area contributed by atoms with Crippen molar-refractivity contribution in [3.8, 4) is 12.1 Å². The number of hydrogen-bond acceptors (Lipinski definition) is 2. The van der Waals surface area contributed by atoms with E-state index in [-0.39, 0.29) is 12.0 Å². The van der Waals surface area contributed by atoms with Gasteiger partial charge in [-0.2, -0.15) is 10.5 Å². The maximum atomic E-state index is 13.3. The Morgan fingerprint density at radius 1 is 1.25 bits per heavy atom. The van der Waals surface area contributed by atoms with Crippen molar-refractivity contribution in [3.63, 3.8) is 0 Å². The van der Waals surface area contributed by atoms with Gasteiger partial charge < -0.3 is 0 Å². The number of nitriles is 2. The Morgan fingerprint density at radius 2 is 2.00 bits per heavy atom. The predicted molar refractivity (Wildman–Crippen MR) is 59.0 cm³/mol. The molecule has 16 heavy (non-hydrogen) atoms. The van der Waals surface area contributed by atoms with Gasteiger partial charge in [0.25, 0.3) is 0 Å². The predicted octanol–water partition coefficient (Wildman–Crippen LogP) is 3.11. The Hall–Kier alpha value is -1.87. The van der Waals surface area contributed by atoms with Gasteiger partial charge in [-0.3, -0.25) is 0 Å². The first-order valence-electron chi connectivity index (χ1n) is 5.31. The first kappa shape index (κ1) is 12.2. The van der Waals surface area contributed by atoms with Gasteiger partial charge >= 0.3 is 0 Å². The van der Waals surface area contributed by atoms with Crippen LogP contribution in [0.5, 0.6) is 0 Å². The van der Waals surface area contributed by atoms with Crippen LogP contribution in [0.2, 0.25) is 0 Å². The molecule has 0 aromatic heterocycles. The van der Waals surface area contributed by atoms with Crippen LogP contribution >= 0.6 is 0 Å². The fourth-order valence-electron chi connectivity index (χ4n) is 1.59. The summed E-state index contributed by atoms with van der Waals surface area (Å²) in [6.07, 6.45) is 3.00. The van der Waals surface area contributed by atoms with Crippen LogP contribution in [0.3, 0.4) is 0 Å². The van der Waals surface area contributed by atoms with Crippen LogP contribution in [0.25, 0.3) is 0 Å². The summed E-state index contributed by atoms with van der Waals surface area (Å²) in [5, 5.41) is 17.4. The highest BCUT2D eigenvalue weighted by atomic mass is 19.1. The van der Waals surface area contributed by atoms with E-state index >= 15 is 0 Å². The maximum absolute atomic E-state index is 13.3. The molecular weight excluding hydrogens is 203 g/mol. The third kappa shape index (κ3) is 2.81. The number of halogens is 1. The minimum Gasteiger partial charge on any atom is -0.206 e. The Morgan fingerprint density at radius 3 is 2.56 bits per heavy atom. The highest BCUT2D eigenvalue weighted by Crippen LogP contribution is 2.18. The van der Waals surface area contributed by atoms with Crippen molar-refractivity contribution in [2.45, 2.75) is 32.6 Å². The van der Waals surface area contributed by atoms with E-state index in [0.717, 1.165) is 24.8 Å². The minimum absolute atomic E-state index is 0.0628. The average molecular weight is 216 g/mol. The zero-order valence-electron chi connectivity index (χ0n) is 9.26. The second kappa shape index (κ2) is 5.88. The van der Waals surface area contributed by atoms with Crippen molar-refractivity contribution in [3.05, 3.63) is 34.6 Å². The molecule has 1 aromatic carbocycles. The Kier molecular flexibility index (Phi) is 4.48. The number of unbranched alkanes of at least 4 members (excludes halogenated alkanes) is 1. The van der Waals surface area contributed by atoms with Crippen LogP contribution in [0.4, 0.5) is 4.39 Å². The highest BCUT2D eigenvalue weighted by molar-refractivity contribution is 5.40. The topological polar surface area (TPSA) is 47.6 Å². The molecule has 0 saturated heterocycles. The maximum Gasteiger partial charge on any atom is 0.141 e. The van der Waals surface area contributed by atoms with E-state index in [9.17, 15) is 4.39 Å². The van der Waals surface area contributed by atoms with E-state index in [2.05, 4.69) is 6.92 Å². The summed E-state index contributed by atoms with van der Waals surface area (Å²) in [4.78, 5) is 0. The molecule has 0 fully saturated rings. The van der Waals surface area contributed by atoms with Gasteiger partial charge in [-0.05, 0) is 36.1 Å². The molecule has 0 bridgehead atoms. The van der Waals surface area contributed by atoms with Crippen LogP contribution in [-0.4, -0.2) is 0 Å². The second-order valence-electron chi connectivity index (χ2n) is 3.65. The lowest BCUT2D eigenvalue weighted by Crippen LogP contribution is -1.98. The van der Waals surface area contributed by atoms with Crippen LogP contribution < -0.4 is 0 Å². The molecule has 3 heteroatoms. The molecule has 0 spiro atoms. The summed E-state index contributed by atoms with van der Waals surface area (Å²) in [6.45, 7) is 2.07. The normalized spacial score (nSPS) is 9.50. The zero-order chi connectivity index (χ0) is 12.0. The summed E-state index contributed by atoms with van der Waals surface area (Å²) in [6, 6.07) is 6.72. The summed E-state index contributed by atoms with van der Waals surface area (Å²) in [5.74, 6) is -0.534. The molecule has 0 amide bonds. The first-order valence-corrected chi connectivity index (χ1v) is 5.31. The molecule has 2 nitrogen and oxygen atoms in total. The summed E-state index contributed by atoms with van der Waals surface area (Å²) in [5.41, 5.74) is 1.68. The molecule has 1 aromatic rings. The summed E-state index contributed by atoms with van der Waals surface area (Å²) in [7, 11) is 0. The number of hydrogen-bond donors (Lipinski definition) is 0. The lowest BCUT2D eigenvalue weighted by molar-refractivity contribution is 0.620. The third-order valence-electron chi connectivity index (χ3n) is 2.48. The van der Waals surface area contributed by atoms with E-state index in [1.807, 2.05) is 12.1 Å². The second-order valence-corrected chi connectivity index (χ2v) is 3.65. The van der Waals surface area contributed by atoms with Crippen LogP contribution in [0.1, 0.15) is 36.5 Å². The van der Waals surface area contributed by atoms with E-state index in [0.29, 0.717) is 5.56 Å². The van der Waals surface area contributed by atoms with Gasteiger partial charge in [0.1, 0.15) is 11.9 Å². The molecule has 1 rings (SSSR count). The fraction of sp³-hybridized carbons (Fsp3) is 0.385. The van der Waals surface area contributed by atoms with E-state index in [1.54, 1.807) is 6.07 Å². The summed E-state index contributed by atoms with van der Waals surface area (Å²) >= 11 is 0. The van der Waals surface area contributed by atoms with E-state index in [4.69, 9.17) is 10.5 Å². The number of rotatable bonds is 4. The van der Waals surface area contributed by atoms with E-state index in [1.165, 1.54) is 6.07 Å². The van der Waals surface area contributed by atoms with Crippen molar-refractivity contribution in [2.75, 3.05) is 0 Å². The van der Waals surface area contributed by atoms with Crippen molar-refractivity contribution in [2.24, 2.45) is 0 Å². The largest absolute Gasteiger partial charge is 0.206 e. The fourth-order valence-corrected chi connectivity index (χ4v) is 1.59. The minimum atomic E-state index is -0.534. The molecule has 0 aliphatic rings. The molecule has 82 valence electrons. The van der Waals surface area contributed by atoms with Crippen LogP contribution in [-0.2, 0) is 12.8 Å². The highest BCUT2D eigenvalue weighted by Gasteiger charge is 2.09. The van der Waals surface area contributed by atoms with Gasteiger partial charge in [0.15, 0.2) is 0 Å². The molecule has 0 saturated carbocycles. The molecule has 0 radical (unpaired) electrons. The lowest BCUT2D eigenvalue weighted by Gasteiger charge is -2.07. The van der Waals surface area contributed by atoms with Crippen LogP contribution in [0, 0.1) is 28.5 Å². The monoisotopic (exact) mass is 216 g/mol. The molecule has 0 atom stereocenters. The van der Waals surface area contributed by atoms with Gasteiger partial charge in [0, 0.05) is 0 Å². The zero-order valence-corrected chi connectivity index (χ0v) is 9.26. The molecular formula is C13H13FN2. The Bertz CT molecular complexity index is 452. The van der Waals surface area contributed by atoms with Gasteiger partial charge in [0.05, 0.1) is 18.1 Å². The third-order valence-corrected chi connectivity index (χ3v) is 2.48. The van der Waals surface area contributed by atoms with Crippen molar-refractivity contribution >= 4 is 0 Å². The lowest BCUT2D eigenvalue weighted by atomic mass is 9.97. The van der Waals surface area contributed by atoms with Crippen molar-refractivity contribution in [1.82, 2.24) is 0 Å². The smallest absolute Gasteiger partial charge is 0.141 e. The first-order chi connectivity index (χ1) is 7.72. The van der Waals surface area contributed by atoms with Crippen molar-refractivity contribution in [1.29, 1.82) is 10.5 Å². The molecule has 0 aliphatic heterocycles. The van der Waals surface area contributed by atoms with Gasteiger partial charge in [-0.25, -0.2) is 4.39 Å². The van der Waals surface area contributed by atoms with Gasteiger partial charge in [-0.15, -0.1) is 0 Å². The SMILES string of the molecule is CCCCc1cc(C#N)c(F)cc1CC#N.